The minimum Gasteiger partial charge on any atom is -0.321 e. The molecule has 0 aliphatic rings. The molecule has 0 bridgehead atoms. The van der Waals surface area contributed by atoms with Crippen LogP contribution in [0.1, 0.15) is 17.1 Å². The first-order valence-electron chi connectivity index (χ1n) is 6.17. The molecule has 1 aromatic carbocycles. The van der Waals surface area contributed by atoms with Gasteiger partial charge in [-0.15, -0.1) is 11.6 Å². The number of rotatable bonds is 3. The molecule has 0 saturated carbocycles. The van der Waals surface area contributed by atoms with E-state index in [1.165, 1.54) is 5.56 Å². The summed E-state index contributed by atoms with van der Waals surface area (Å²) in [5.74, 6) is 1.29. The van der Waals surface area contributed by atoms with Crippen LogP contribution in [0.5, 0.6) is 0 Å². The van der Waals surface area contributed by atoms with Gasteiger partial charge in [-0.1, -0.05) is 6.07 Å². The van der Waals surface area contributed by atoms with Crippen molar-refractivity contribution in [2.45, 2.75) is 19.3 Å². The number of hydrogen-bond donors (Lipinski definition) is 0. The van der Waals surface area contributed by atoms with E-state index in [-0.39, 0.29) is 0 Å². The SMILES string of the molecule is Cc1ccc2nc(CCl)n(Cc3ccn(C)n3)c2c1. The number of halogens is 1. The van der Waals surface area contributed by atoms with E-state index in [0.29, 0.717) is 12.4 Å². The van der Waals surface area contributed by atoms with Gasteiger partial charge in [-0.25, -0.2) is 4.98 Å². The fraction of sp³-hybridized carbons (Fsp3) is 0.286. The summed E-state index contributed by atoms with van der Waals surface area (Å²) >= 11 is 6.01. The fourth-order valence-corrected chi connectivity index (χ4v) is 2.47. The third-order valence-corrected chi connectivity index (χ3v) is 3.43. The maximum Gasteiger partial charge on any atom is 0.125 e. The first kappa shape index (κ1) is 12.2. The van der Waals surface area contributed by atoms with Crippen LogP contribution in [-0.2, 0) is 19.5 Å². The molecule has 3 aromatic rings. The monoisotopic (exact) mass is 274 g/mol. The Bertz CT molecular complexity index is 726. The molecule has 2 heterocycles. The van der Waals surface area contributed by atoms with Crippen LogP contribution in [0.15, 0.2) is 30.5 Å². The standard InChI is InChI=1S/C14H15ClN4/c1-10-3-4-12-13(7-10)19(14(8-15)16-12)9-11-5-6-18(2)17-11/h3-7H,8-9H2,1-2H3. The third-order valence-electron chi connectivity index (χ3n) is 3.19. The number of aryl methyl sites for hydroxylation is 2. The summed E-state index contributed by atoms with van der Waals surface area (Å²) in [6.45, 7) is 2.78. The molecule has 0 amide bonds. The molecule has 0 aliphatic heterocycles. The van der Waals surface area contributed by atoms with Crippen molar-refractivity contribution in [2.24, 2.45) is 7.05 Å². The largest absolute Gasteiger partial charge is 0.321 e. The van der Waals surface area contributed by atoms with Crippen LogP contribution >= 0.6 is 11.6 Å². The first-order valence-corrected chi connectivity index (χ1v) is 6.71. The van der Waals surface area contributed by atoms with Gasteiger partial charge in [0.15, 0.2) is 0 Å². The van der Waals surface area contributed by atoms with Crippen molar-refractivity contribution in [3.8, 4) is 0 Å². The van der Waals surface area contributed by atoms with Crippen molar-refractivity contribution in [3.05, 3.63) is 47.5 Å². The quantitative estimate of drug-likeness (QED) is 0.689. The topological polar surface area (TPSA) is 35.6 Å². The maximum atomic E-state index is 6.01. The normalized spacial score (nSPS) is 11.3. The number of aromatic nitrogens is 4. The summed E-state index contributed by atoms with van der Waals surface area (Å²) < 4.78 is 3.94. The predicted molar refractivity (Wildman–Crippen MR) is 76.3 cm³/mol. The molecule has 5 heteroatoms. The molecular weight excluding hydrogens is 260 g/mol. The van der Waals surface area contributed by atoms with E-state index in [4.69, 9.17) is 11.6 Å². The Hall–Kier alpha value is -1.81. The molecule has 3 rings (SSSR count). The van der Waals surface area contributed by atoms with Gasteiger partial charge >= 0.3 is 0 Å². The summed E-state index contributed by atoms with van der Waals surface area (Å²) in [6.07, 6.45) is 1.94. The van der Waals surface area contributed by atoms with Crippen molar-refractivity contribution >= 4 is 22.6 Å². The lowest BCUT2D eigenvalue weighted by Gasteiger charge is -2.05. The summed E-state index contributed by atoms with van der Waals surface area (Å²) in [6, 6.07) is 8.26. The fourth-order valence-electron chi connectivity index (χ4n) is 2.27. The van der Waals surface area contributed by atoms with Crippen LogP contribution in [0.25, 0.3) is 11.0 Å². The van der Waals surface area contributed by atoms with Gasteiger partial charge in [-0.2, -0.15) is 5.10 Å². The zero-order chi connectivity index (χ0) is 13.4. The van der Waals surface area contributed by atoms with Gasteiger partial charge < -0.3 is 4.57 Å². The van der Waals surface area contributed by atoms with Crippen molar-refractivity contribution < 1.29 is 0 Å². The number of benzene rings is 1. The number of fused-ring (bicyclic) bond motifs is 1. The number of imidazole rings is 1. The second-order valence-electron chi connectivity index (χ2n) is 4.72. The minimum absolute atomic E-state index is 0.403. The molecule has 0 saturated heterocycles. The summed E-state index contributed by atoms with van der Waals surface area (Å²) in [7, 11) is 1.92. The molecule has 4 nitrogen and oxygen atoms in total. The number of nitrogens with zero attached hydrogens (tertiary/aromatic N) is 4. The Labute approximate surface area is 116 Å². The average molecular weight is 275 g/mol. The van der Waals surface area contributed by atoms with Crippen molar-refractivity contribution in [1.82, 2.24) is 19.3 Å². The molecule has 0 unspecified atom stereocenters. The number of hydrogen-bond acceptors (Lipinski definition) is 2. The van der Waals surface area contributed by atoms with E-state index in [0.717, 1.165) is 22.6 Å². The highest BCUT2D eigenvalue weighted by Crippen LogP contribution is 2.20. The Morgan fingerprint density at radius 1 is 1.26 bits per heavy atom. The van der Waals surface area contributed by atoms with Gasteiger partial charge in [-0.05, 0) is 30.7 Å². The molecule has 0 N–H and O–H groups in total. The van der Waals surface area contributed by atoms with E-state index >= 15 is 0 Å². The van der Waals surface area contributed by atoms with Crippen molar-refractivity contribution in [2.75, 3.05) is 0 Å². The molecule has 0 fully saturated rings. The molecule has 0 spiro atoms. The van der Waals surface area contributed by atoms with Crippen LogP contribution in [-0.4, -0.2) is 19.3 Å². The van der Waals surface area contributed by atoms with Crippen LogP contribution in [0.4, 0.5) is 0 Å². The highest BCUT2D eigenvalue weighted by molar-refractivity contribution is 6.16. The van der Waals surface area contributed by atoms with Crippen LogP contribution in [0, 0.1) is 6.92 Å². The Kier molecular flexibility index (Phi) is 3.03. The lowest BCUT2D eigenvalue weighted by Crippen LogP contribution is -2.05. The lowest BCUT2D eigenvalue weighted by atomic mass is 10.2. The van der Waals surface area contributed by atoms with Gasteiger partial charge in [0.2, 0.25) is 0 Å². The smallest absolute Gasteiger partial charge is 0.125 e. The summed E-state index contributed by atoms with van der Waals surface area (Å²) in [5.41, 5.74) is 4.32. The predicted octanol–water partition coefficient (Wildman–Crippen LogP) is 2.87. The van der Waals surface area contributed by atoms with Crippen LogP contribution < -0.4 is 0 Å². The molecular formula is C14H15ClN4. The highest BCUT2D eigenvalue weighted by Gasteiger charge is 2.11. The lowest BCUT2D eigenvalue weighted by molar-refractivity contribution is 0.701. The van der Waals surface area contributed by atoms with Gasteiger partial charge in [-0.3, -0.25) is 4.68 Å². The summed E-state index contributed by atoms with van der Waals surface area (Å²) in [4.78, 5) is 4.57. The van der Waals surface area contributed by atoms with E-state index in [1.807, 2.05) is 25.4 Å². The number of alkyl halides is 1. The van der Waals surface area contributed by atoms with Gasteiger partial charge in [0.1, 0.15) is 5.82 Å². The van der Waals surface area contributed by atoms with E-state index in [9.17, 15) is 0 Å². The highest BCUT2D eigenvalue weighted by atomic mass is 35.5. The zero-order valence-corrected chi connectivity index (χ0v) is 11.7. The zero-order valence-electron chi connectivity index (χ0n) is 11.0. The van der Waals surface area contributed by atoms with Crippen LogP contribution in [0.2, 0.25) is 0 Å². The van der Waals surface area contributed by atoms with Crippen LogP contribution in [0.3, 0.4) is 0 Å². The van der Waals surface area contributed by atoms with E-state index in [2.05, 4.69) is 33.7 Å². The van der Waals surface area contributed by atoms with E-state index < -0.39 is 0 Å². The molecule has 98 valence electrons. The molecule has 19 heavy (non-hydrogen) atoms. The summed E-state index contributed by atoms with van der Waals surface area (Å²) in [5, 5.41) is 4.42. The van der Waals surface area contributed by atoms with Crippen molar-refractivity contribution in [3.63, 3.8) is 0 Å². The Balaban J connectivity index is 2.12. The Morgan fingerprint density at radius 2 is 2.11 bits per heavy atom. The first-order chi connectivity index (χ1) is 9.17. The van der Waals surface area contributed by atoms with Gasteiger partial charge in [0.25, 0.3) is 0 Å². The molecule has 2 aromatic heterocycles. The second-order valence-corrected chi connectivity index (χ2v) is 4.99. The molecule has 0 atom stereocenters. The maximum absolute atomic E-state index is 6.01. The van der Waals surface area contributed by atoms with Gasteiger partial charge in [0.05, 0.1) is 29.2 Å². The Morgan fingerprint density at radius 3 is 2.79 bits per heavy atom. The minimum atomic E-state index is 0.403. The molecule has 0 aliphatic carbocycles. The van der Waals surface area contributed by atoms with E-state index in [1.54, 1.807) is 4.68 Å². The third kappa shape index (κ3) is 2.24. The molecule has 0 radical (unpaired) electrons. The second kappa shape index (κ2) is 4.70. The van der Waals surface area contributed by atoms with Crippen molar-refractivity contribution in [1.29, 1.82) is 0 Å². The van der Waals surface area contributed by atoms with Gasteiger partial charge in [0, 0.05) is 13.2 Å². The average Bonchev–Trinajstić information content (AvgIpc) is 2.94.